The van der Waals surface area contributed by atoms with Crippen molar-refractivity contribution in [3.63, 3.8) is 0 Å². The Kier molecular flexibility index (Phi) is 4.05. The van der Waals surface area contributed by atoms with Crippen LogP contribution in [0.4, 0.5) is 5.13 Å². The van der Waals surface area contributed by atoms with Crippen LogP contribution in [-0.2, 0) is 6.61 Å². The summed E-state index contributed by atoms with van der Waals surface area (Å²) in [6, 6.07) is 0.628. The fourth-order valence-corrected chi connectivity index (χ4v) is 3.45. The van der Waals surface area contributed by atoms with E-state index >= 15 is 0 Å². The van der Waals surface area contributed by atoms with Crippen LogP contribution in [0.15, 0.2) is 0 Å². The summed E-state index contributed by atoms with van der Waals surface area (Å²) in [5.74, 6) is 0.880. The fourth-order valence-electron chi connectivity index (χ4n) is 2.50. The summed E-state index contributed by atoms with van der Waals surface area (Å²) < 4.78 is 0. The van der Waals surface area contributed by atoms with E-state index in [0.717, 1.165) is 21.6 Å². The molecule has 0 bridgehead atoms. The molecule has 1 heterocycles. The van der Waals surface area contributed by atoms with Crippen molar-refractivity contribution >= 4 is 16.5 Å². The van der Waals surface area contributed by atoms with Crippen molar-refractivity contribution in [3.05, 3.63) is 10.6 Å². The molecule has 0 aliphatic heterocycles. The Hall–Kier alpha value is -0.610. The van der Waals surface area contributed by atoms with Crippen molar-refractivity contribution in [3.8, 4) is 0 Å². The lowest BCUT2D eigenvalue weighted by Crippen LogP contribution is -2.34. The third kappa shape index (κ3) is 2.80. The van der Waals surface area contributed by atoms with Gasteiger partial charge in [0, 0.05) is 13.1 Å². The van der Waals surface area contributed by atoms with Gasteiger partial charge in [-0.1, -0.05) is 18.3 Å². The molecule has 1 aromatic heterocycles. The summed E-state index contributed by atoms with van der Waals surface area (Å²) in [6.07, 6.45) is 5.19. The fraction of sp³-hybridized carbons (Fsp3) is 0.769. The predicted octanol–water partition coefficient (Wildman–Crippen LogP) is 2.96. The van der Waals surface area contributed by atoms with Crippen LogP contribution in [0.1, 0.15) is 43.2 Å². The molecular formula is C13H22N2OS. The van der Waals surface area contributed by atoms with Crippen LogP contribution < -0.4 is 4.90 Å². The third-order valence-electron chi connectivity index (χ3n) is 3.86. The average Bonchev–Trinajstić information content (AvgIpc) is 2.70. The molecule has 1 aliphatic carbocycles. The van der Waals surface area contributed by atoms with Gasteiger partial charge in [0.1, 0.15) is 0 Å². The van der Waals surface area contributed by atoms with Gasteiger partial charge >= 0.3 is 0 Å². The Morgan fingerprint density at radius 1 is 1.35 bits per heavy atom. The molecule has 1 saturated carbocycles. The number of rotatable bonds is 3. The average molecular weight is 254 g/mol. The second-order valence-corrected chi connectivity index (χ2v) is 6.25. The molecule has 2 rings (SSSR count). The summed E-state index contributed by atoms with van der Waals surface area (Å²) in [5.41, 5.74) is 0.975. The zero-order valence-electron chi connectivity index (χ0n) is 10.9. The summed E-state index contributed by atoms with van der Waals surface area (Å²) >= 11 is 1.63. The van der Waals surface area contributed by atoms with Gasteiger partial charge in [-0.2, -0.15) is 0 Å². The molecule has 3 nitrogen and oxygen atoms in total. The molecule has 0 saturated heterocycles. The van der Waals surface area contributed by atoms with E-state index in [4.69, 9.17) is 0 Å². The van der Waals surface area contributed by atoms with E-state index < -0.39 is 0 Å². The third-order valence-corrected chi connectivity index (χ3v) is 5.09. The van der Waals surface area contributed by atoms with Crippen molar-refractivity contribution in [1.29, 1.82) is 0 Å². The summed E-state index contributed by atoms with van der Waals surface area (Å²) in [6.45, 7) is 4.43. The van der Waals surface area contributed by atoms with E-state index in [9.17, 15) is 5.11 Å². The van der Waals surface area contributed by atoms with Gasteiger partial charge in [-0.3, -0.25) is 0 Å². The minimum Gasteiger partial charge on any atom is -0.391 e. The quantitative estimate of drug-likeness (QED) is 0.901. The number of hydrogen-bond donors (Lipinski definition) is 1. The zero-order chi connectivity index (χ0) is 12.4. The van der Waals surface area contributed by atoms with Gasteiger partial charge in [0.15, 0.2) is 5.13 Å². The summed E-state index contributed by atoms with van der Waals surface area (Å²) in [5, 5.41) is 10.3. The van der Waals surface area contributed by atoms with E-state index in [0.29, 0.717) is 6.04 Å². The first-order valence-electron chi connectivity index (χ1n) is 6.41. The van der Waals surface area contributed by atoms with Crippen molar-refractivity contribution in [2.75, 3.05) is 11.9 Å². The minimum absolute atomic E-state index is 0.110. The van der Waals surface area contributed by atoms with Crippen LogP contribution in [0, 0.1) is 12.8 Å². The number of hydrogen-bond acceptors (Lipinski definition) is 4. The van der Waals surface area contributed by atoms with Crippen LogP contribution in [0.2, 0.25) is 0 Å². The van der Waals surface area contributed by atoms with Gasteiger partial charge in [0.2, 0.25) is 0 Å². The number of aliphatic hydroxyl groups excluding tert-OH is 1. The lowest BCUT2D eigenvalue weighted by molar-refractivity contribution is 0.284. The number of anilines is 1. The zero-order valence-corrected chi connectivity index (χ0v) is 11.8. The molecule has 0 aromatic carbocycles. The monoisotopic (exact) mass is 254 g/mol. The number of aliphatic hydroxyl groups is 1. The number of thiazole rings is 1. The molecule has 0 atom stereocenters. The van der Waals surface area contributed by atoms with Gasteiger partial charge in [-0.05, 0) is 38.5 Å². The van der Waals surface area contributed by atoms with Gasteiger partial charge in [-0.15, -0.1) is 0 Å². The maximum absolute atomic E-state index is 9.21. The Balaban J connectivity index is 2.05. The predicted molar refractivity (Wildman–Crippen MR) is 72.6 cm³/mol. The number of nitrogens with zero attached hydrogens (tertiary/aromatic N) is 2. The van der Waals surface area contributed by atoms with E-state index in [1.165, 1.54) is 25.7 Å². The van der Waals surface area contributed by atoms with E-state index in [-0.39, 0.29) is 6.61 Å². The molecule has 1 aliphatic rings. The first kappa shape index (κ1) is 12.8. The van der Waals surface area contributed by atoms with E-state index in [1.807, 2.05) is 6.92 Å². The summed E-state index contributed by atoms with van der Waals surface area (Å²) in [7, 11) is 2.14. The van der Waals surface area contributed by atoms with Gasteiger partial charge < -0.3 is 10.0 Å². The molecule has 17 heavy (non-hydrogen) atoms. The first-order chi connectivity index (χ1) is 8.11. The lowest BCUT2D eigenvalue weighted by atomic mass is 9.87. The van der Waals surface area contributed by atoms with Crippen molar-refractivity contribution in [2.45, 2.75) is 52.2 Å². The van der Waals surface area contributed by atoms with Crippen molar-refractivity contribution in [1.82, 2.24) is 4.98 Å². The van der Waals surface area contributed by atoms with Crippen molar-refractivity contribution < 1.29 is 5.11 Å². The topological polar surface area (TPSA) is 36.4 Å². The molecule has 0 spiro atoms. The minimum atomic E-state index is 0.110. The molecule has 1 aromatic rings. The molecular weight excluding hydrogens is 232 g/mol. The Bertz CT molecular complexity index is 369. The highest BCUT2D eigenvalue weighted by atomic mass is 32.1. The lowest BCUT2D eigenvalue weighted by Gasteiger charge is -2.33. The number of aryl methyl sites for hydroxylation is 1. The van der Waals surface area contributed by atoms with Crippen molar-refractivity contribution in [2.24, 2.45) is 5.92 Å². The Labute approximate surface area is 107 Å². The maximum Gasteiger partial charge on any atom is 0.185 e. The first-order valence-corrected chi connectivity index (χ1v) is 7.23. The molecule has 0 unspecified atom stereocenters. The van der Waals surface area contributed by atoms with Crippen LogP contribution in [0.3, 0.4) is 0 Å². The van der Waals surface area contributed by atoms with E-state index in [1.54, 1.807) is 11.3 Å². The molecule has 96 valence electrons. The molecule has 1 N–H and O–H groups in total. The van der Waals surface area contributed by atoms with Crippen LogP contribution in [0.5, 0.6) is 0 Å². The molecule has 4 heteroatoms. The second kappa shape index (κ2) is 5.36. The van der Waals surface area contributed by atoms with Crippen LogP contribution in [-0.4, -0.2) is 23.2 Å². The molecule has 0 amide bonds. The highest BCUT2D eigenvalue weighted by Gasteiger charge is 2.23. The maximum atomic E-state index is 9.21. The SMILES string of the molecule is Cc1nc(N(C)C2CCC(C)CC2)sc1CO. The Morgan fingerprint density at radius 2 is 2.00 bits per heavy atom. The Morgan fingerprint density at radius 3 is 2.53 bits per heavy atom. The molecule has 0 radical (unpaired) electrons. The summed E-state index contributed by atoms with van der Waals surface area (Å²) in [4.78, 5) is 7.86. The normalized spacial score (nSPS) is 24.9. The van der Waals surface area contributed by atoms with Crippen LogP contribution in [0.25, 0.3) is 0 Å². The highest BCUT2D eigenvalue weighted by molar-refractivity contribution is 7.15. The van der Waals surface area contributed by atoms with Gasteiger partial charge in [-0.25, -0.2) is 4.98 Å². The smallest absolute Gasteiger partial charge is 0.185 e. The highest BCUT2D eigenvalue weighted by Crippen LogP contribution is 2.32. The van der Waals surface area contributed by atoms with E-state index in [2.05, 4.69) is 23.9 Å². The molecule has 1 fully saturated rings. The van der Waals surface area contributed by atoms with Gasteiger partial charge in [0.05, 0.1) is 17.2 Å². The largest absolute Gasteiger partial charge is 0.391 e. The number of aromatic nitrogens is 1. The standard InChI is InChI=1S/C13H22N2OS/c1-9-4-6-11(7-5-9)15(3)13-14-10(2)12(8-16)17-13/h9,11,16H,4-8H2,1-3H3. The second-order valence-electron chi connectivity index (χ2n) is 5.19. The van der Waals surface area contributed by atoms with Crippen LogP contribution >= 0.6 is 11.3 Å². The van der Waals surface area contributed by atoms with Gasteiger partial charge in [0.25, 0.3) is 0 Å².